The molecule has 15 heavy (non-hydrogen) atoms. The molecule has 0 bridgehead atoms. The summed E-state index contributed by atoms with van der Waals surface area (Å²) in [5.74, 6) is 1.71. The maximum absolute atomic E-state index is 11.6. The molecule has 1 amide bonds. The third-order valence-electron chi connectivity index (χ3n) is 2.21. The van der Waals surface area contributed by atoms with Crippen LogP contribution < -0.4 is 5.32 Å². The maximum atomic E-state index is 11.6. The molecular weight excluding hydrogens is 282 g/mol. The summed E-state index contributed by atoms with van der Waals surface area (Å²) in [7, 11) is 1.33. The molecule has 86 valence electrons. The zero-order valence-electron chi connectivity index (χ0n) is 8.49. The van der Waals surface area contributed by atoms with Crippen LogP contribution in [-0.4, -0.2) is 41.9 Å². The second-order valence-electron chi connectivity index (χ2n) is 3.30. The number of rotatable bonds is 4. The smallest absolute Gasteiger partial charge is 0.321 e. The minimum Gasteiger partial charge on any atom is -0.468 e. The molecule has 1 heterocycles. The zero-order chi connectivity index (χ0) is 11.3. The Morgan fingerprint density at radius 2 is 2.40 bits per heavy atom. The van der Waals surface area contributed by atoms with Crippen LogP contribution in [0, 0.1) is 5.92 Å². The Morgan fingerprint density at radius 3 is 2.93 bits per heavy atom. The Balaban J connectivity index is 2.24. The normalized spacial score (nSPS) is 22.1. The van der Waals surface area contributed by atoms with E-state index >= 15 is 0 Å². The molecular formula is C9H14BrNO3S. The van der Waals surface area contributed by atoms with Crippen molar-refractivity contribution in [2.75, 3.05) is 25.2 Å². The molecule has 1 N–H and O–H groups in total. The lowest BCUT2D eigenvalue weighted by Gasteiger charge is -2.12. The molecule has 6 heteroatoms. The van der Waals surface area contributed by atoms with Crippen molar-refractivity contribution in [3.05, 3.63) is 0 Å². The van der Waals surface area contributed by atoms with Crippen LogP contribution in [-0.2, 0) is 14.3 Å². The first-order valence-electron chi connectivity index (χ1n) is 4.72. The number of halogens is 1. The Hall–Kier alpha value is -0.230. The molecule has 1 aliphatic heterocycles. The summed E-state index contributed by atoms with van der Waals surface area (Å²) in [6.45, 7) is 0.284. The molecule has 1 aliphatic rings. The number of thioether (sulfide) groups is 1. The first-order chi connectivity index (χ1) is 7.15. The number of hydrogen-bond donors (Lipinski definition) is 1. The molecule has 0 saturated carbocycles. The van der Waals surface area contributed by atoms with Crippen molar-refractivity contribution in [1.29, 1.82) is 0 Å². The van der Waals surface area contributed by atoms with Gasteiger partial charge in [0.15, 0.2) is 0 Å². The molecule has 0 aliphatic carbocycles. The molecule has 1 saturated heterocycles. The molecule has 1 fully saturated rings. The van der Waals surface area contributed by atoms with Gasteiger partial charge < -0.3 is 10.1 Å². The van der Waals surface area contributed by atoms with Gasteiger partial charge in [0.2, 0.25) is 5.91 Å². The quantitative estimate of drug-likeness (QED) is 0.615. The fourth-order valence-electron chi connectivity index (χ4n) is 1.29. The first-order valence-corrected chi connectivity index (χ1v) is 6.79. The van der Waals surface area contributed by atoms with Crippen molar-refractivity contribution in [1.82, 2.24) is 5.32 Å². The summed E-state index contributed by atoms with van der Waals surface area (Å²) in [4.78, 5) is 22.1. The molecule has 0 spiro atoms. The van der Waals surface area contributed by atoms with Gasteiger partial charge in [-0.25, -0.2) is 0 Å². The van der Waals surface area contributed by atoms with Gasteiger partial charge in [0.05, 0.1) is 7.11 Å². The van der Waals surface area contributed by atoms with Crippen LogP contribution in [0.3, 0.4) is 0 Å². The fourth-order valence-corrected chi connectivity index (χ4v) is 2.86. The summed E-state index contributed by atoms with van der Waals surface area (Å²) in [5.41, 5.74) is 0. The molecule has 2 unspecified atom stereocenters. The number of methoxy groups -OCH3 is 1. The highest BCUT2D eigenvalue weighted by molar-refractivity contribution is 9.10. The van der Waals surface area contributed by atoms with Crippen LogP contribution >= 0.6 is 27.7 Å². The number of nitrogens with one attached hydrogen (secondary N) is 1. The van der Waals surface area contributed by atoms with Crippen LogP contribution in [0.2, 0.25) is 0 Å². The minimum absolute atomic E-state index is 0.0355. The van der Waals surface area contributed by atoms with Crippen molar-refractivity contribution in [2.45, 2.75) is 11.2 Å². The van der Waals surface area contributed by atoms with E-state index in [-0.39, 0.29) is 24.3 Å². The van der Waals surface area contributed by atoms with Gasteiger partial charge in [0.25, 0.3) is 0 Å². The van der Waals surface area contributed by atoms with E-state index in [2.05, 4.69) is 26.0 Å². The molecule has 2 atom stereocenters. The van der Waals surface area contributed by atoms with Gasteiger partial charge in [-0.2, -0.15) is 11.8 Å². The van der Waals surface area contributed by atoms with E-state index in [1.165, 1.54) is 7.11 Å². The third-order valence-corrected chi connectivity index (χ3v) is 4.07. The van der Waals surface area contributed by atoms with Crippen molar-refractivity contribution >= 4 is 39.6 Å². The van der Waals surface area contributed by atoms with Crippen LogP contribution in [0.5, 0.6) is 0 Å². The van der Waals surface area contributed by atoms with Crippen LogP contribution in [0.4, 0.5) is 0 Å². The number of hydrogen-bond acceptors (Lipinski definition) is 4. The van der Waals surface area contributed by atoms with Crippen LogP contribution in [0.15, 0.2) is 0 Å². The second kappa shape index (κ2) is 6.37. The minimum atomic E-state index is -0.458. The summed E-state index contributed by atoms with van der Waals surface area (Å²) >= 11 is 4.94. The Kier molecular flexibility index (Phi) is 5.45. The topological polar surface area (TPSA) is 55.4 Å². The number of amides is 1. The number of carbonyl (C=O) groups excluding carboxylic acids is 2. The third kappa shape index (κ3) is 4.03. The average Bonchev–Trinajstić information content (AvgIpc) is 2.77. The molecule has 4 nitrogen and oxygen atoms in total. The van der Waals surface area contributed by atoms with Crippen LogP contribution in [0.1, 0.15) is 6.42 Å². The molecule has 0 radical (unpaired) electrons. The summed E-state index contributed by atoms with van der Waals surface area (Å²) in [5, 5.41) is 2.74. The van der Waals surface area contributed by atoms with Crippen molar-refractivity contribution in [3.63, 3.8) is 0 Å². The molecule has 0 aromatic heterocycles. The summed E-state index contributed by atoms with van der Waals surface area (Å²) in [6.07, 6.45) is 0.932. The van der Waals surface area contributed by atoms with E-state index in [1.54, 1.807) is 11.8 Å². The van der Waals surface area contributed by atoms with Crippen molar-refractivity contribution in [3.8, 4) is 0 Å². The summed E-state index contributed by atoms with van der Waals surface area (Å²) < 4.78 is 4.53. The lowest BCUT2D eigenvalue weighted by molar-refractivity contribution is -0.139. The van der Waals surface area contributed by atoms with Gasteiger partial charge in [-0.05, 0) is 12.2 Å². The molecule has 0 aromatic carbocycles. The molecule has 0 aromatic rings. The largest absolute Gasteiger partial charge is 0.468 e. The standard InChI is InChI=1S/C9H14BrNO3S/c1-14-9(13)7(10)4-11-8(12)6-2-3-15-5-6/h6-7H,2-5H2,1H3,(H,11,12). The van der Waals surface area contributed by atoms with Gasteiger partial charge in [-0.15, -0.1) is 0 Å². The predicted octanol–water partition coefficient (Wildman–Crippen LogP) is 0.792. The van der Waals surface area contributed by atoms with E-state index in [4.69, 9.17) is 0 Å². The van der Waals surface area contributed by atoms with Gasteiger partial charge in [0, 0.05) is 18.2 Å². The van der Waals surface area contributed by atoms with Gasteiger partial charge in [-0.3, -0.25) is 9.59 Å². The van der Waals surface area contributed by atoms with Crippen molar-refractivity contribution < 1.29 is 14.3 Å². The SMILES string of the molecule is COC(=O)C(Br)CNC(=O)C1CCSC1. The summed E-state index contributed by atoms with van der Waals surface area (Å²) in [6, 6.07) is 0. The average molecular weight is 296 g/mol. The van der Waals surface area contributed by atoms with Gasteiger partial charge >= 0.3 is 5.97 Å². The Morgan fingerprint density at radius 1 is 1.67 bits per heavy atom. The highest BCUT2D eigenvalue weighted by Crippen LogP contribution is 2.23. The predicted molar refractivity (Wildman–Crippen MR) is 63.2 cm³/mol. The van der Waals surface area contributed by atoms with Crippen LogP contribution in [0.25, 0.3) is 0 Å². The Labute approximate surface area is 102 Å². The van der Waals surface area contributed by atoms with E-state index in [1.807, 2.05) is 0 Å². The number of ether oxygens (including phenoxy) is 1. The zero-order valence-corrected chi connectivity index (χ0v) is 10.9. The van der Waals surface area contributed by atoms with Gasteiger partial charge in [0.1, 0.15) is 4.83 Å². The first kappa shape index (κ1) is 12.8. The monoisotopic (exact) mass is 295 g/mol. The van der Waals surface area contributed by atoms with Crippen molar-refractivity contribution in [2.24, 2.45) is 5.92 Å². The number of esters is 1. The van der Waals surface area contributed by atoms with E-state index in [0.29, 0.717) is 0 Å². The van der Waals surface area contributed by atoms with E-state index in [0.717, 1.165) is 17.9 Å². The maximum Gasteiger partial charge on any atom is 0.321 e. The fraction of sp³-hybridized carbons (Fsp3) is 0.778. The van der Waals surface area contributed by atoms with E-state index < -0.39 is 4.83 Å². The number of carbonyl (C=O) groups is 2. The number of alkyl halides is 1. The van der Waals surface area contributed by atoms with E-state index in [9.17, 15) is 9.59 Å². The lowest BCUT2D eigenvalue weighted by Crippen LogP contribution is -2.37. The highest BCUT2D eigenvalue weighted by atomic mass is 79.9. The van der Waals surface area contributed by atoms with Gasteiger partial charge in [-0.1, -0.05) is 15.9 Å². The second-order valence-corrected chi connectivity index (χ2v) is 5.55. The molecule has 1 rings (SSSR count). The Bertz CT molecular complexity index is 244. The highest BCUT2D eigenvalue weighted by Gasteiger charge is 2.24. The lowest BCUT2D eigenvalue weighted by atomic mass is 10.1.